The van der Waals surface area contributed by atoms with Crippen LogP contribution in [-0.2, 0) is 13.5 Å². The summed E-state index contributed by atoms with van der Waals surface area (Å²) in [5.74, 6) is 3.30. The van der Waals surface area contributed by atoms with Crippen LogP contribution < -0.4 is 5.32 Å². The van der Waals surface area contributed by atoms with E-state index in [1.54, 1.807) is 4.80 Å². The molecule has 0 aromatic carbocycles. The molecule has 5 nitrogen and oxygen atoms in total. The van der Waals surface area contributed by atoms with Gasteiger partial charge in [-0.05, 0) is 48.9 Å². The van der Waals surface area contributed by atoms with Crippen LogP contribution in [0.25, 0.3) is 0 Å². The van der Waals surface area contributed by atoms with Crippen LogP contribution in [0.3, 0.4) is 0 Å². The largest absolute Gasteiger partial charge is 0.317 e. The van der Waals surface area contributed by atoms with Gasteiger partial charge < -0.3 is 5.32 Å². The summed E-state index contributed by atoms with van der Waals surface area (Å²) < 4.78 is 0. The predicted octanol–water partition coefficient (Wildman–Crippen LogP) is 2.19. The molecule has 1 saturated carbocycles. The summed E-state index contributed by atoms with van der Waals surface area (Å²) in [6.07, 6.45) is 7.75. The van der Waals surface area contributed by atoms with Gasteiger partial charge in [0.25, 0.3) is 0 Å². The van der Waals surface area contributed by atoms with Gasteiger partial charge in [0, 0.05) is 6.42 Å². The van der Waals surface area contributed by atoms with Crippen molar-refractivity contribution in [2.45, 2.75) is 52.4 Å². The molecule has 5 heteroatoms. The topological polar surface area (TPSA) is 55.6 Å². The molecule has 1 aliphatic carbocycles. The number of nitrogens with zero attached hydrogens (tertiary/aromatic N) is 4. The maximum Gasteiger partial charge on any atom is 0.175 e. The molecule has 114 valence electrons. The first-order valence-electron chi connectivity index (χ1n) is 8.16. The summed E-state index contributed by atoms with van der Waals surface area (Å²) in [7, 11) is 1.84. The summed E-state index contributed by atoms with van der Waals surface area (Å²) in [5, 5.41) is 16.0. The molecule has 20 heavy (non-hydrogen) atoms. The first kappa shape index (κ1) is 15.4. The Morgan fingerprint density at radius 3 is 2.75 bits per heavy atom. The Morgan fingerprint density at radius 2 is 2.10 bits per heavy atom. The molecule has 1 fully saturated rings. The average Bonchev–Trinajstić information content (AvgIpc) is 2.84. The zero-order chi connectivity index (χ0) is 14.4. The normalized spacial score (nSPS) is 26.9. The fourth-order valence-corrected chi connectivity index (χ4v) is 3.58. The molecule has 0 aliphatic heterocycles. The highest BCUT2D eigenvalue weighted by molar-refractivity contribution is 4.89. The number of hydrogen-bond acceptors (Lipinski definition) is 4. The van der Waals surface area contributed by atoms with Crippen molar-refractivity contribution in [1.82, 2.24) is 25.5 Å². The van der Waals surface area contributed by atoms with Crippen LogP contribution in [0.2, 0.25) is 0 Å². The average molecular weight is 279 g/mol. The zero-order valence-electron chi connectivity index (χ0n) is 13.2. The number of aromatic nitrogens is 4. The highest BCUT2D eigenvalue weighted by Crippen LogP contribution is 2.37. The second-order valence-corrected chi connectivity index (χ2v) is 6.19. The summed E-state index contributed by atoms with van der Waals surface area (Å²) >= 11 is 0. The van der Waals surface area contributed by atoms with Gasteiger partial charge >= 0.3 is 0 Å². The predicted molar refractivity (Wildman–Crippen MR) is 80.3 cm³/mol. The minimum atomic E-state index is 0.712. The second-order valence-electron chi connectivity index (χ2n) is 6.19. The molecule has 1 N–H and O–H groups in total. The van der Waals surface area contributed by atoms with E-state index in [4.69, 9.17) is 0 Å². The molecule has 0 radical (unpaired) electrons. The molecule has 1 aromatic rings. The van der Waals surface area contributed by atoms with E-state index in [9.17, 15) is 0 Å². The molecule has 3 atom stereocenters. The van der Waals surface area contributed by atoms with Gasteiger partial charge in [-0.25, -0.2) is 0 Å². The molecule has 1 heterocycles. The molecule has 0 spiro atoms. The third kappa shape index (κ3) is 4.27. The van der Waals surface area contributed by atoms with E-state index in [1.807, 2.05) is 7.05 Å². The van der Waals surface area contributed by atoms with Crippen molar-refractivity contribution >= 4 is 0 Å². The molecule has 3 unspecified atom stereocenters. The maximum atomic E-state index is 4.36. The van der Waals surface area contributed by atoms with Gasteiger partial charge in [0.05, 0.1) is 7.05 Å². The molecule has 0 amide bonds. The van der Waals surface area contributed by atoms with E-state index in [1.165, 1.54) is 32.1 Å². The van der Waals surface area contributed by atoms with E-state index < -0.39 is 0 Å². The zero-order valence-corrected chi connectivity index (χ0v) is 13.2. The monoisotopic (exact) mass is 279 g/mol. The van der Waals surface area contributed by atoms with Crippen LogP contribution in [0.15, 0.2) is 0 Å². The first-order chi connectivity index (χ1) is 9.72. The Kier molecular flexibility index (Phi) is 5.95. The van der Waals surface area contributed by atoms with Crippen molar-refractivity contribution in [3.05, 3.63) is 5.82 Å². The van der Waals surface area contributed by atoms with Gasteiger partial charge in [0.1, 0.15) is 0 Å². The second kappa shape index (κ2) is 7.72. The van der Waals surface area contributed by atoms with Crippen LogP contribution in [0.5, 0.6) is 0 Å². The minimum absolute atomic E-state index is 0.712. The van der Waals surface area contributed by atoms with E-state index >= 15 is 0 Å². The van der Waals surface area contributed by atoms with Gasteiger partial charge in [-0.2, -0.15) is 4.80 Å². The van der Waals surface area contributed by atoms with E-state index in [0.717, 1.165) is 37.2 Å². The van der Waals surface area contributed by atoms with Crippen molar-refractivity contribution in [2.24, 2.45) is 24.8 Å². The summed E-state index contributed by atoms with van der Waals surface area (Å²) in [6, 6.07) is 0. The molecule has 2 rings (SSSR count). The lowest BCUT2D eigenvalue weighted by Crippen LogP contribution is -2.34. The number of rotatable bonds is 7. The van der Waals surface area contributed by atoms with Gasteiger partial charge in [-0.3, -0.25) is 0 Å². The fourth-order valence-electron chi connectivity index (χ4n) is 3.58. The Morgan fingerprint density at radius 1 is 1.25 bits per heavy atom. The van der Waals surface area contributed by atoms with Crippen LogP contribution >= 0.6 is 0 Å². The van der Waals surface area contributed by atoms with E-state index in [0.29, 0.717) is 5.92 Å². The van der Waals surface area contributed by atoms with Gasteiger partial charge in [-0.1, -0.05) is 33.1 Å². The first-order valence-corrected chi connectivity index (χ1v) is 8.16. The minimum Gasteiger partial charge on any atom is -0.317 e. The SMILES string of the molecule is CCCC1CCC(CNCC)C(Cc2nnn(C)n2)C1. The Labute approximate surface area is 122 Å². The molecular weight excluding hydrogens is 250 g/mol. The maximum absolute atomic E-state index is 4.36. The molecule has 1 aromatic heterocycles. The van der Waals surface area contributed by atoms with Gasteiger partial charge in [-0.15, -0.1) is 10.2 Å². The fraction of sp³-hybridized carbons (Fsp3) is 0.933. The Bertz CT molecular complexity index is 389. The number of nitrogens with one attached hydrogen (secondary N) is 1. The highest BCUT2D eigenvalue weighted by atomic mass is 15.6. The van der Waals surface area contributed by atoms with Gasteiger partial charge in [0.2, 0.25) is 0 Å². The number of aryl methyl sites for hydroxylation is 1. The molecular formula is C15H29N5. The number of hydrogen-bond donors (Lipinski definition) is 1. The summed E-state index contributed by atoms with van der Waals surface area (Å²) in [6.45, 7) is 6.68. The van der Waals surface area contributed by atoms with Gasteiger partial charge in [0.15, 0.2) is 5.82 Å². The van der Waals surface area contributed by atoms with Crippen molar-refractivity contribution < 1.29 is 0 Å². The Hall–Kier alpha value is -0.970. The van der Waals surface area contributed by atoms with E-state index in [2.05, 4.69) is 34.6 Å². The van der Waals surface area contributed by atoms with Crippen LogP contribution in [0, 0.1) is 17.8 Å². The molecule has 1 aliphatic rings. The summed E-state index contributed by atoms with van der Waals surface area (Å²) in [5.41, 5.74) is 0. The quantitative estimate of drug-likeness (QED) is 0.831. The third-order valence-electron chi connectivity index (χ3n) is 4.60. The van der Waals surface area contributed by atoms with Crippen LogP contribution in [-0.4, -0.2) is 33.3 Å². The highest BCUT2D eigenvalue weighted by Gasteiger charge is 2.30. The van der Waals surface area contributed by atoms with Crippen molar-refractivity contribution in [1.29, 1.82) is 0 Å². The smallest absolute Gasteiger partial charge is 0.175 e. The molecule has 0 bridgehead atoms. The van der Waals surface area contributed by atoms with Crippen LogP contribution in [0.4, 0.5) is 0 Å². The third-order valence-corrected chi connectivity index (χ3v) is 4.60. The van der Waals surface area contributed by atoms with Crippen molar-refractivity contribution in [3.8, 4) is 0 Å². The van der Waals surface area contributed by atoms with Crippen LogP contribution in [0.1, 0.15) is 51.8 Å². The van der Waals surface area contributed by atoms with Crippen molar-refractivity contribution in [2.75, 3.05) is 13.1 Å². The lowest BCUT2D eigenvalue weighted by Gasteiger charge is -2.36. The lowest BCUT2D eigenvalue weighted by molar-refractivity contribution is 0.166. The number of tetrazole rings is 1. The van der Waals surface area contributed by atoms with Crippen molar-refractivity contribution in [3.63, 3.8) is 0 Å². The standard InChI is InChI=1S/C15H29N5/c1-4-6-12-7-8-13(11-16-5-2)14(9-12)10-15-17-19-20(3)18-15/h12-14,16H,4-11H2,1-3H3. The lowest BCUT2D eigenvalue weighted by atomic mass is 9.71. The Balaban J connectivity index is 1.96. The molecule has 0 saturated heterocycles. The van der Waals surface area contributed by atoms with E-state index in [-0.39, 0.29) is 0 Å². The summed E-state index contributed by atoms with van der Waals surface area (Å²) in [4.78, 5) is 1.57.